The van der Waals surface area contributed by atoms with Crippen LogP contribution in [0.25, 0.3) is 0 Å². The summed E-state index contributed by atoms with van der Waals surface area (Å²) < 4.78 is 23.3. The highest BCUT2D eigenvalue weighted by Crippen LogP contribution is 2.21. The second kappa shape index (κ2) is 5.53. The Labute approximate surface area is 125 Å². The fraction of sp³-hybridized carbons (Fsp3) is 0.714. The van der Waals surface area contributed by atoms with E-state index in [1.165, 1.54) is 12.8 Å². The molecule has 1 saturated carbocycles. The molecule has 2 heterocycles. The molecule has 1 unspecified atom stereocenters. The number of hydrogen-bond donors (Lipinski definition) is 1. The predicted octanol–water partition coefficient (Wildman–Crippen LogP) is 0.660. The monoisotopic (exact) mass is 310 g/mol. The highest BCUT2D eigenvalue weighted by atomic mass is 32.2. The van der Waals surface area contributed by atoms with Gasteiger partial charge in [0.05, 0.1) is 11.5 Å². The number of rotatable bonds is 4. The van der Waals surface area contributed by atoms with Crippen molar-refractivity contribution in [1.82, 2.24) is 15.3 Å². The van der Waals surface area contributed by atoms with E-state index in [2.05, 4.69) is 15.3 Å². The highest BCUT2D eigenvalue weighted by Gasteiger charge is 2.29. The van der Waals surface area contributed by atoms with Gasteiger partial charge in [-0.3, -0.25) is 0 Å². The van der Waals surface area contributed by atoms with Crippen molar-refractivity contribution in [3.05, 3.63) is 17.5 Å². The van der Waals surface area contributed by atoms with Crippen LogP contribution < -0.4 is 10.2 Å². The van der Waals surface area contributed by atoms with Crippen LogP contribution in [0, 0.1) is 6.92 Å². The second-order valence-corrected chi connectivity index (χ2v) is 8.32. The lowest BCUT2D eigenvalue weighted by atomic mass is 10.2. The van der Waals surface area contributed by atoms with Crippen LogP contribution in [0.3, 0.4) is 0 Å². The lowest BCUT2D eigenvalue weighted by molar-refractivity contribution is 0.564. The highest BCUT2D eigenvalue weighted by molar-refractivity contribution is 7.91. The molecule has 0 radical (unpaired) electrons. The Hall–Kier alpha value is -1.21. The summed E-state index contributed by atoms with van der Waals surface area (Å²) in [5.74, 6) is 1.01. The van der Waals surface area contributed by atoms with Crippen molar-refractivity contribution in [1.29, 1.82) is 0 Å². The SMILES string of the molecule is Cc1nc(N2CCS(=O)(=O)CC2C)ncc1CNC1CC1. The zero-order valence-electron chi connectivity index (χ0n) is 12.5. The van der Waals surface area contributed by atoms with Gasteiger partial charge < -0.3 is 10.2 Å². The van der Waals surface area contributed by atoms with E-state index in [4.69, 9.17) is 0 Å². The number of sulfone groups is 1. The summed E-state index contributed by atoms with van der Waals surface area (Å²) in [4.78, 5) is 11.0. The molecule has 1 atom stereocenters. The Kier molecular flexibility index (Phi) is 3.88. The molecule has 3 rings (SSSR count). The first-order chi connectivity index (χ1) is 9.94. The number of anilines is 1. The smallest absolute Gasteiger partial charge is 0.225 e. The van der Waals surface area contributed by atoms with Crippen LogP contribution in [0.2, 0.25) is 0 Å². The molecule has 0 amide bonds. The molecule has 0 aromatic carbocycles. The van der Waals surface area contributed by atoms with Crippen molar-refractivity contribution >= 4 is 15.8 Å². The third-order valence-electron chi connectivity index (χ3n) is 4.15. The minimum Gasteiger partial charge on any atom is -0.336 e. The van der Waals surface area contributed by atoms with Gasteiger partial charge in [0.1, 0.15) is 0 Å². The molecule has 1 aliphatic heterocycles. The number of aromatic nitrogens is 2. The minimum absolute atomic E-state index is 0.0708. The van der Waals surface area contributed by atoms with Crippen LogP contribution >= 0.6 is 0 Å². The molecule has 2 aliphatic rings. The molecule has 1 aliphatic carbocycles. The van der Waals surface area contributed by atoms with E-state index in [1.54, 1.807) is 0 Å². The molecule has 1 saturated heterocycles. The topological polar surface area (TPSA) is 75.2 Å². The van der Waals surface area contributed by atoms with E-state index in [-0.39, 0.29) is 17.5 Å². The third-order valence-corrected chi connectivity index (χ3v) is 5.95. The van der Waals surface area contributed by atoms with Gasteiger partial charge in [-0.1, -0.05) is 0 Å². The summed E-state index contributed by atoms with van der Waals surface area (Å²) >= 11 is 0. The fourth-order valence-electron chi connectivity index (χ4n) is 2.63. The van der Waals surface area contributed by atoms with Crippen LogP contribution in [0.4, 0.5) is 5.95 Å². The van der Waals surface area contributed by atoms with Crippen LogP contribution in [0.1, 0.15) is 31.0 Å². The minimum atomic E-state index is -2.91. The summed E-state index contributed by atoms with van der Waals surface area (Å²) in [6.07, 6.45) is 4.39. The van der Waals surface area contributed by atoms with E-state index in [1.807, 2.05) is 24.9 Å². The van der Waals surface area contributed by atoms with Crippen molar-refractivity contribution in [2.75, 3.05) is 23.0 Å². The van der Waals surface area contributed by atoms with Crippen molar-refractivity contribution in [2.24, 2.45) is 0 Å². The maximum absolute atomic E-state index is 11.6. The molecule has 21 heavy (non-hydrogen) atoms. The first-order valence-electron chi connectivity index (χ1n) is 7.47. The van der Waals surface area contributed by atoms with Crippen molar-refractivity contribution < 1.29 is 8.42 Å². The average Bonchev–Trinajstić information content (AvgIpc) is 3.20. The molecular weight excluding hydrogens is 288 g/mol. The van der Waals surface area contributed by atoms with Gasteiger partial charge >= 0.3 is 0 Å². The summed E-state index contributed by atoms with van der Waals surface area (Å²) in [5, 5.41) is 3.46. The van der Waals surface area contributed by atoms with Gasteiger partial charge in [-0.05, 0) is 26.7 Å². The number of aryl methyl sites for hydroxylation is 1. The Balaban J connectivity index is 1.72. The van der Waals surface area contributed by atoms with E-state index in [0.29, 0.717) is 18.5 Å². The summed E-state index contributed by atoms with van der Waals surface area (Å²) in [5.41, 5.74) is 2.08. The van der Waals surface area contributed by atoms with Crippen LogP contribution in [0.15, 0.2) is 6.20 Å². The summed E-state index contributed by atoms with van der Waals surface area (Å²) in [6.45, 7) is 5.18. The molecule has 116 valence electrons. The van der Waals surface area contributed by atoms with Crippen molar-refractivity contribution in [3.63, 3.8) is 0 Å². The maximum Gasteiger partial charge on any atom is 0.225 e. The van der Waals surface area contributed by atoms with Crippen molar-refractivity contribution in [2.45, 2.75) is 45.3 Å². The van der Waals surface area contributed by atoms with Gasteiger partial charge in [0.15, 0.2) is 9.84 Å². The predicted molar refractivity (Wildman–Crippen MR) is 82.1 cm³/mol. The van der Waals surface area contributed by atoms with Crippen LogP contribution in [-0.4, -0.2) is 48.5 Å². The van der Waals surface area contributed by atoms with Gasteiger partial charge in [0.25, 0.3) is 0 Å². The number of nitrogens with one attached hydrogen (secondary N) is 1. The molecule has 2 fully saturated rings. The van der Waals surface area contributed by atoms with Gasteiger partial charge in [0, 0.05) is 42.6 Å². The number of nitrogens with zero attached hydrogens (tertiary/aromatic N) is 3. The maximum atomic E-state index is 11.6. The second-order valence-electron chi connectivity index (χ2n) is 6.09. The van der Waals surface area contributed by atoms with E-state index in [9.17, 15) is 8.42 Å². The molecule has 0 spiro atoms. The van der Waals surface area contributed by atoms with Gasteiger partial charge in [-0.15, -0.1) is 0 Å². The first-order valence-corrected chi connectivity index (χ1v) is 9.30. The van der Waals surface area contributed by atoms with E-state index in [0.717, 1.165) is 17.8 Å². The normalized spacial score (nSPS) is 25.0. The van der Waals surface area contributed by atoms with Gasteiger partial charge in [-0.25, -0.2) is 18.4 Å². The van der Waals surface area contributed by atoms with Crippen LogP contribution in [-0.2, 0) is 16.4 Å². The van der Waals surface area contributed by atoms with Gasteiger partial charge in [0.2, 0.25) is 5.95 Å². The molecule has 1 aromatic rings. The fourth-order valence-corrected chi connectivity index (χ4v) is 4.19. The zero-order valence-corrected chi connectivity index (χ0v) is 13.4. The molecule has 6 nitrogen and oxygen atoms in total. The Morgan fingerprint density at radius 3 is 2.81 bits per heavy atom. The average molecular weight is 310 g/mol. The number of hydrogen-bond acceptors (Lipinski definition) is 6. The lowest BCUT2D eigenvalue weighted by Crippen LogP contribution is -2.47. The quantitative estimate of drug-likeness (QED) is 0.880. The van der Waals surface area contributed by atoms with E-state index >= 15 is 0 Å². The van der Waals surface area contributed by atoms with Gasteiger partial charge in [-0.2, -0.15) is 0 Å². The molecular formula is C14H22N4O2S. The van der Waals surface area contributed by atoms with Crippen molar-refractivity contribution in [3.8, 4) is 0 Å². The molecule has 0 bridgehead atoms. The Morgan fingerprint density at radius 1 is 1.43 bits per heavy atom. The molecule has 7 heteroatoms. The van der Waals surface area contributed by atoms with E-state index < -0.39 is 9.84 Å². The standard InChI is InChI=1S/C14H22N4O2S/c1-10-9-21(19,20)6-5-18(10)14-16-8-12(11(2)17-14)7-15-13-3-4-13/h8,10,13,15H,3-7,9H2,1-2H3. The largest absolute Gasteiger partial charge is 0.336 e. The lowest BCUT2D eigenvalue weighted by Gasteiger charge is -2.33. The summed E-state index contributed by atoms with van der Waals surface area (Å²) in [7, 11) is -2.91. The third kappa shape index (κ3) is 3.52. The van der Waals surface area contributed by atoms with Crippen LogP contribution in [0.5, 0.6) is 0 Å². The Bertz CT molecular complexity index is 628. The Morgan fingerprint density at radius 2 is 2.19 bits per heavy atom. The first kappa shape index (κ1) is 14.7. The molecule has 1 aromatic heterocycles. The zero-order chi connectivity index (χ0) is 15.0. The molecule has 1 N–H and O–H groups in total. The summed E-state index contributed by atoms with van der Waals surface area (Å²) in [6, 6.07) is 0.593.